The van der Waals surface area contributed by atoms with Gasteiger partial charge < -0.3 is 4.90 Å². The van der Waals surface area contributed by atoms with E-state index < -0.39 is 0 Å². The van der Waals surface area contributed by atoms with Crippen LogP contribution in [0.15, 0.2) is 0 Å². The van der Waals surface area contributed by atoms with Gasteiger partial charge in [0, 0.05) is 20.0 Å². The summed E-state index contributed by atoms with van der Waals surface area (Å²) in [6.07, 6.45) is 4.06. The molecule has 3 nitrogen and oxygen atoms in total. The Bertz CT molecular complexity index is 323. The van der Waals surface area contributed by atoms with Crippen molar-refractivity contribution in [2.24, 2.45) is 10.8 Å². The predicted molar refractivity (Wildman–Crippen MR) is 56.9 cm³/mol. The lowest BCUT2D eigenvalue weighted by molar-refractivity contribution is -0.130. The molecule has 15 heavy (non-hydrogen) atoms. The van der Waals surface area contributed by atoms with Gasteiger partial charge in [0.25, 0.3) is 0 Å². The van der Waals surface area contributed by atoms with Crippen LogP contribution >= 0.6 is 0 Å². The minimum absolute atomic E-state index is 0.0596. The Balaban J connectivity index is 2.02. The minimum atomic E-state index is -0.0596. The second kappa shape index (κ2) is 3.23. The van der Waals surface area contributed by atoms with Crippen molar-refractivity contribution in [3.05, 3.63) is 0 Å². The third-order valence-electron chi connectivity index (χ3n) is 4.51. The number of piperidine rings is 1. The van der Waals surface area contributed by atoms with Gasteiger partial charge in [0.2, 0.25) is 5.91 Å². The van der Waals surface area contributed by atoms with Crippen LogP contribution in [0.4, 0.5) is 0 Å². The van der Waals surface area contributed by atoms with Gasteiger partial charge in [0.15, 0.2) is 0 Å². The number of likely N-dealkylation sites (tertiary alicyclic amines) is 1. The molecule has 82 valence electrons. The van der Waals surface area contributed by atoms with Crippen LogP contribution < -0.4 is 0 Å². The lowest BCUT2D eigenvalue weighted by atomic mass is 9.83. The van der Waals surface area contributed by atoms with E-state index >= 15 is 0 Å². The molecule has 1 spiro atoms. The van der Waals surface area contributed by atoms with Gasteiger partial charge in [0.05, 0.1) is 11.5 Å². The van der Waals surface area contributed by atoms with Crippen LogP contribution in [0, 0.1) is 22.2 Å². The molecular weight excluding hydrogens is 188 g/mol. The molecule has 1 atom stereocenters. The highest BCUT2D eigenvalue weighted by Gasteiger charge is 2.66. The fourth-order valence-corrected chi connectivity index (χ4v) is 3.18. The molecule has 0 bridgehead atoms. The van der Waals surface area contributed by atoms with E-state index in [2.05, 4.69) is 13.0 Å². The van der Waals surface area contributed by atoms with Crippen molar-refractivity contribution >= 4 is 5.91 Å². The molecule has 1 aliphatic carbocycles. The summed E-state index contributed by atoms with van der Waals surface area (Å²) in [6, 6.07) is 2.50. The van der Waals surface area contributed by atoms with Crippen molar-refractivity contribution in [1.82, 2.24) is 4.90 Å². The molecule has 1 saturated carbocycles. The van der Waals surface area contributed by atoms with E-state index in [0.717, 1.165) is 38.8 Å². The maximum Gasteiger partial charge on any atom is 0.219 e. The fraction of sp³-hybridized carbons (Fsp3) is 0.833. The van der Waals surface area contributed by atoms with Crippen LogP contribution in [0.25, 0.3) is 0 Å². The van der Waals surface area contributed by atoms with Crippen LogP contribution in [0.3, 0.4) is 0 Å². The van der Waals surface area contributed by atoms with Crippen LogP contribution in [-0.4, -0.2) is 23.9 Å². The van der Waals surface area contributed by atoms with Gasteiger partial charge >= 0.3 is 0 Å². The molecule has 1 saturated heterocycles. The topological polar surface area (TPSA) is 44.1 Å². The first kappa shape index (κ1) is 10.5. The Morgan fingerprint density at radius 2 is 2.07 bits per heavy atom. The lowest BCUT2D eigenvalue weighted by Crippen LogP contribution is -2.39. The van der Waals surface area contributed by atoms with Crippen molar-refractivity contribution in [1.29, 1.82) is 5.26 Å². The van der Waals surface area contributed by atoms with Gasteiger partial charge in [-0.15, -0.1) is 0 Å². The number of hydrogen-bond donors (Lipinski definition) is 0. The summed E-state index contributed by atoms with van der Waals surface area (Å²) < 4.78 is 0. The van der Waals surface area contributed by atoms with Crippen molar-refractivity contribution in [3.63, 3.8) is 0 Å². The highest BCUT2D eigenvalue weighted by molar-refractivity contribution is 5.73. The van der Waals surface area contributed by atoms with Gasteiger partial charge in [-0.1, -0.05) is 6.92 Å². The van der Waals surface area contributed by atoms with Gasteiger partial charge in [-0.3, -0.25) is 4.79 Å². The van der Waals surface area contributed by atoms with Gasteiger partial charge in [-0.25, -0.2) is 0 Å². The fourth-order valence-electron chi connectivity index (χ4n) is 3.18. The van der Waals surface area contributed by atoms with Gasteiger partial charge in [-0.2, -0.15) is 5.26 Å². The SMILES string of the molecule is CCC1(C#N)CC12CCN(C(C)=O)CC2. The first-order valence-corrected chi connectivity index (χ1v) is 5.76. The van der Waals surface area contributed by atoms with Gasteiger partial charge in [-0.05, 0) is 31.1 Å². The molecule has 2 aliphatic rings. The molecule has 0 aromatic carbocycles. The van der Waals surface area contributed by atoms with Gasteiger partial charge in [0.1, 0.15) is 0 Å². The molecule has 0 aromatic rings. The smallest absolute Gasteiger partial charge is 0.219 e. The maximum atomic E-state index is 11.2. The number of nitriles is 1. The molecule has 0 aromatic heterocycles. The quantitative estimate of drug-likeness (QED) is 0.658. The van der Waals surface area contributed by atoms with Crippen LogP contribution in [-0.2, 0) is 4.79 Å². The normalized spacial score (nSPS) is 32.5. The largest absolute Gasteiger partial charge is 0.343 e. The molecular formula is C12H18N2O. The average Bonchev–Trinajstić information content (AvgIpc) is 2.87. The molecule has 1 heterocycles. The van der Waals surface area contributed by atoms with Crippen LogP contribution in [0.5, 0.6) is 0 Å². The van der Waals surface area contributed by atoms with E-state index in [1.165, 1.54) is 0 Å². The highest BCUT2D eigenvalue weighted by Crippen LogP contribution is 2.70. The Hall–Kier alpha value is -1.04. The van der Waals surface area contributed by atoms with E-state index in [9.17, 15) is 10.1 Å². The van der Waals surface area contributed by atoms with Crippen molar-refractivity contribution < 1.29 is 4.79 Å². The van der Waals surface area contributed by atoms with Crippen LogP contribution in [0.2, 0.25) is 0 Å². The van der Waals surface area contributed by atoms with E-state index in [0.29, 0.717) is 0 Å². The Morgan fingerprint density at radius 3 is 2.40 bits per heavy atom. The number of nitrogens with zero attached hydrogens (tertiary/aromatic N) is 2. The minimum Gasteiger partial charge on any atom is -0.343 e. The second-order valence-electron chi connectivity index (χ2n) is 5.01. The number of carbonyl (C=O) groups is 1. The summed E-state index contributed by atoms with van der Waals surface area (Å²) in [6.45, 7) is 5.43. The Morgan fingerprint density at radius 1 is 1.47 bits per heavy atom. The van der Waals surface area contributed by atoms with E-state index in [1.54, 1.807) is 6.92 Å². The monoisotopic (exact) mass is 206 g/mol. The summed E-state index contributed by atoms with van der Waals surface area (Å²) in [5.74, 6) is 0.171. The van der Waals surface area contributed by atoms with E-state index in [4.69, 9.17) is 0 Å². The summed E-state index contributed by atoms with van der Waals surface area (Å²) in [7, 11) is 0. The molecule has 1 aliphatic heterocycles. The molecule has 2 rings (SSSR count). The second-order valence-corrected chi connectivity index (χ2v) is 5.01. The molecule has 2 fully saturated rings. The first-order valence-electron chi connectivity index (χ1n) is 5.76. The lowest BCUT2D eigenvalue weighted by Gasteiger charge is -2.33. The summed E-state index contributed by atoms with van der Waals surface area (Å²) in [4.78, 5) is 13.1. The van der Waals surface area contributed by atoms with Crippen molar-refractivity contribution in [2.75, 3.05) is 13.1 Å². The molecule has 1 unspecified atom stereocenters. The van der Waals surface area contributed by atoms with E-state index in [-0.39, 0.29) is 16.7 Å². The predicted octanol–water partition coefficient (Wildman–Crippen LogP) is 1.94. The third kappa shape index (κ3) is 1.35. The zero-order valence-corrected chi connectivity index (χ0v) is 9.55. The zero-order valence-electron chi connectivity index (χ0n) is 9.55. The molecule has 1 amide bonds. The zero-order chi connectivity index (χ0) is 11.1. The highest BCUT2D eigenvalue weighted by atomic mass is 16.2. The number of carbonyl (C=O) groups excluding carboxylic acids is 1. The Labute approximate surface area is 91.1 Å². The first-order chi connectivity index (χ1) is 7.09. The summed E-state index contributed by atoms with van der Waals surface area (Å²) in [5.41, 5.74) is 0.193. The van der Waals surface area contributed by atoms with Crippen LogP contribution in [0.1, 0.15) is 39.5 Å². The number of rotatable bonds is 1. The number of hydrogen-bond acceptors (Lipinski definition) is 2. The maximum absolute atomic E-state index is 11.2. The Kier molecular flexibility index (Phi) is 2.26. The van der Waals surface area contributed by atoms with Crippen molar-refractivity contribution in [2.45, 2.75) is 39.5 Å². The van der Waals surface area contributed by atoms with Crippen molar-refractivity contribution in [3.8, 4) is 6.07 Å². The molecule has 0 radical (unpaired) electrons. The molecule has 0 N–H and O–H groups in total. The standard InChI is InChI=1S/C12H18N2O/c1-3-11(9-13)8-12(11)4-6-14(7-5-12)10(2)15/h3-8H2,1-2H3. The number of amides is 1. The summed E-state index contributed by atoms with van der Waals surface area (Å²) >= 11 is 0. The average molecular weight is 206 g/mol. The third-order valence-corrected chi connectivity index (χ3v) is 4.51. The van der Waals surface area contributed by atoms with E-state index in [1.807, 2.05) is 4.90 Å². The summed E-state index contributed by atoms with van der Waals surface area (Å²) in [5, 5.41) is 9.22. The molecule has 3 heteroatoms.